The summed E-state index contributed by atoms with van der Waals surface area (Å²) in [6.07, 6.45) is 2.50. The summed E-state index contributed by atoms with van der Waals surface area (Å²) in [7, 11) is 0. The highest BCUT2D eigenvalue weighted by Crippen LogP contribution is 2.25. The highest BCUT2D eigenvalue weighted by molar-refractivity contribution is 5.32. The van der Waals surface area contributed by atoms with Crippen molar-refractivity contribution < 1.29 is 0 Å². The largest absolute Gasteiger partial charge is 0.351 e. The Morgan fingerprint density at radius 1 is 1.27 bits per heavy atom. The molecule has 0 unspecified atom stereocenters. The molecule has 0 aromatic carbocycles. The molecule has 82 valence electrons. The Morgan fingerprint density at radius 2 is 1.93 bits per heavy atom. The molecule has 0 aliphatic heterocycles. The maximum Gasteiger partial charge on any atom is 0.223 e. The minimum absolute atomic E-state index is 0.0910. The Balaban J connectivity index is 2.27. The molecule has 2 rings (SSSR count). The summed E-state index contributed by atoms with van der Waals surface area (Å²) in [5.41, 5.74) is 2.24. The fourth-order valence-electron chi connectivity index (χ4n) is 1.43. The molecule has 0 spiro atoms. The fourth-order valence-corrected chi connectivity index (χ4v) is 1.43. The van der Waals surface area contributed by atoms with Crippen LogP contribution in [0.2, 0.25) is 0 Å². The highest BCUT2D eigenvalue weighted by atomic mass is 15.1. The Hall–Kier alpha value is -1.12. The molecule has 3 heteroatoms. The molecule has 15 heavy (non-hydrogen) atoms. The van der Waals surface area contributed by atoms with Gasteiger partial charge in [0.05, 0.1) is 5.69 Å². The minimum Gasteiger partial charge on any atom is -0.351 e. The van der Waals surface area contributed by atoms with Gasteiger partial charge in [0.1, 0.15) is 0 Å². The minimum atomic E-state index is 0.0910. The van der Waals surface area contributed by atoms with Gasteiger partial charge >= 0.3 is 0 Å². The van der Waals surface area contributed by atoms with E-state index in [2.05, 4.69) is 42.1 Å². The smallest absolute Gasteiger partial charge is 0.223 e. The Bertz CT molecular complexity index is 362. The third-order valence-corrected chi connectivity index (χ3v) is 2.53. The first kappa shape index (κ1) is 10.4. The van der Waals surface area contributed by atoms with Crippen LogP contribution in [0.15, 0.2) is 6.07 Å². The van der Waals surface area contributed by atoms with Gasteiger partial charge in [-0.2, -0.15) is 0 Å². The summed E-state index contributed by atoms with van der Waals surface area (Å²) in [5.74, 6) is 0.794. The second kappa shape index (κ2) is 3.47. The predicted molar refractivity (Wildman–Crippen MR) is 62.1 cm³/mol. The van der Waals surface area contributed by atoms with Gasteiger partial charge in [-0.05, 0) is 25.8 Å². The Morgan fingerprint density at radius 3 is 2.47 bits per heavy atom. The lowest BCUT2D eigenvalue weighted by molar-refractivity contribution is 0.566. The molecule has 1 saturated carbocycles. The lowest BCUT2D eigenvalue weighted by Crippen LogP contribution is -2.16. The van der Waals surface area contributed by atoms with Gasteiger partial charge in [0, 0.05) is 17.2 Å². The van der Waals surface area contributed by atoms with Crippen LogP contribution in [-0.4, -0.2) is 16.0 Å². The molecule has 1 N–H and O–H groups in total. The molecular formula is C12H19N3. The van der Waals surface area contributed by atoms with Gasteiger partial charge < -0.3 is 5.32 Å². The van der Waals surface area contributed by atoms with Crippen molar-refractivity contribution in [3.8, 4) is 0 Å². The standard InChI is InChI=1S/C12H19N3/c1-8-7-10(12(2,3)4)15-11(13-8)14-9-5-6-9/h7,9H,5-6H2,1-4H3,(H,13,14,15). The molecule has 0 atom stereocenters. The SMILES string of the molecule is Cc1cc(C(C)(C)C)nc(NC2CC2)n1. The first-order valence-corrected chi connectivity index (χ1v) is 5.58. The molecule has 1 heterocycles. The maximum atomic E-state index is 4.56. The van der Waals surface area contributed by atoms with Crippen LogP contribution in [0.1, 0.15) is 45.0 Å². The van der Waals surface area contributed by atoms with Gasteiger partial charge in [-0.15, -0.1) is 0 Å². The average molecular weight is 205 g/mol. The van der Waals surface area contributed by atoms with Crippen molar-refractivity contribution in [1.82, 2.24) is 9.97 Å². The van der Waals surface area contributed by atoms with Crippen molar-refractivity contribution in [2.45, 2.75) is 52.0 Å². The lowest BCUT2D eigenvalue weighted by Gasteiger charge is -2.19. The van der Waals surface area contributed by atoms with Gasteiger partial charge in [0.25, 0.3) is 0 Å². The number of aromatic nitrogens is 2. The van der Waals surface area contributed by atoms with Crippen molar-refractivity contribution in [2.24, 2.45) is 0 Å². The van der Waals surface area contributed by atoms with E-state index in [4.69, 9.17) is 0 Å². The van der Waals surface area contributed by atoms with Crippen molar-refractivity contribution in [1.29, 1.82) is 0 Å². The lowest BCUT2D eigenvalue weighted by atomic mass is 9.91. The van der Waals surface area contributed by atoms with E-state index in [9.17, 15) is 0 Å². The van der Waals surface area contributed by atoms with E-state index >= 15 is 0 Å². The molecule has 0 amide bonds. The number of nitrogens with zero attached hydrogens (tertiary/aromatic N) is 2. The van der Waals surface area contributed by atoms with E-state index in [1.54, 1.807) is 0 Å². The monoisotopic (exact) mass is 205 g/mol. The van der Waals surface area contributed by atoms with Gasteiger partial charge in [0.2, 0.25) is 5.95 Å². The molecule has 3 nitrogen and oxygen atoms in total. The second-order valence-electron chi connectivity index (χ2n) is 5.39. The maximum absolute atomic E-state index is 4.56. The van der Waals surface area contributed by atoms with Gasteiger partial charge in [0.15, 0.2) is 0 Å². The third-order valence-electron chi connectivity index (χ3n) is 2.53. The van der Waals surface area contributed by atoms with E-state index in [1.807, 2.05) is 6.92 Å². The van der Waals surface area contributed by atoms with E-state index in [0.29, 0.717) is 6.04 Å². The quantitative estimate of drug-likeness (QED) is 0.806. The number of aryl methyl sites for hydroxylation is 1. The van der Waals surface area contributed by atoms with Crippen LogP contribution in [0, 0.1) is 6.92 Å². The predicted octanol–water partition coefficient (Wildman–Crippen LogP) is 2.66. The fraction of sp³-hybridized carbons (Fsp3) is 0.667. The van der Waals surface area contributed by atoms with E-state index in [-0.39, 0.29) is 5.41 Å². The number of hydrogen-bond donors (Lipinski definition) is 1. The summed E-state index contributed by atoms with van der Waals surface area (Å²) in [6, 6.07) is 2.68. The van der Waals surface area contributed by atoms with Crippen LogP contribution < -0.4 is 5.32 Å². The van der Waals surface area contributed by atoms with Crippen LogP contribution >= 0.6 is 0 Å². The van der Waals surface area contributed by atoms with E-state index < -0.39 is 0 Å². The molecule has 1 aromatic heterocycles. The molecule has 1 fully saturated rings. The second-order valence-corrected chi connectivity index (χ2v) is 5.39. The first-order chi connectivity index (χ1) is 6.95. The molecule has 0 saturated heterocycles. The van der Waals surface area contributed by atoms with Crippen molar-refractivity contribution in [3.63, 3.8) is 0 Å². The number of anilines is 1. The average Bonchev–Trinajstić information content (AvgIpc) is 2.85. The summed E-state index contributed by atoms with van der Waals surface area (Å²) in [6.45, 7) is 8.55. The summed E-state index contributed by atoms with van der Waals surface area (Å²) >= 11 is 0. The third kappa shape index (κ3) is 2.67. The zero-order valence-corrected chi connectivity index (χ0v) is 9.96. The van der Waals surface area contributed by atoms with Crippen LogP contribution in [0.3, 0.4) is 0 Å². The molecule has 1 aromatic rings. The molecule has 1 aliphatic rings. The van der Waals surface area contributed by atoms with E-state index in [0.717, 1.165) is 17.3 Å². The van der Waals surface area contributed by atoms with Gasteiger partial charge in [-0.1, -0.05) is 20.8 Å². The van der Waals surface area contributed by atoms with Crippen LogP contribution in [0.5, 0.6) is 0 Å². The zero-order valence-electron chi connectivity index (χ0n) is 9.96. The zero-order chi connectivity index (χ0) is 11.1. The normalized spacial score (nSPS) is 16.5. The summed E-state index contributed by atoms with van der Waals surface area (Å²) in [4.78, 5) is 8.97. The van der Waals surface area contributed by atoms with Crippen LogP contribution in [0.25, 0.3) is 0 Å². The number of hydrogen-bond acceptors (Lipinski definition) is 3. The van der Waals surface area contributed by atoms with Crippen LogP contribution in [0.4, 0.5) is 5.95 Å². The van der Waals surface area contributed by atoms with Crippen LogP contribution in [-0.2, 0) is 5.41 Å². The Kier molecular flexibility index (Phi) is 2.41. The Labute approximate surface area is 91.3 Å². The van der Waals surface area contributed by atoms with Crippen molar-refractivity contribution in [2.75, 3.05) is 5.32 Å². The van der Waals surface area contributed by atoms with E-state index in [1.165, 1.54) is 12.8 Å². The van der Waals surface area contributed by atoms with Crippen molar-refractivity contribution in [3.05, 3.63) is 17.5 Å². The van der Waals surface area contributed by atoms with Gasteiger partial charge in [-0.3, -0.25) is 0 Å². The molecular weight excluding hydrogens is 186 g/mol. The molecule has 0 radical (unpaired) electrons. The number of nitrogens with one attached hydrogen (secondary N) is 1. The topological polar surface area (TPSA) is 37.8 Å². The molecule has 1 aliphatic carbocycles. The summed E-state index contributed by atoms with van der Waals surface area (Å²) in [5, 5.41) is 3.35. The first-order valence-electron chi connectivity index (χ1n) is 5.58. The van der Waals surface area contributed by atoms with Crippen molar-refractivity contribution >= 4 is 5.95 Å². The summed E-state index contributed by atoms with van der Waals surface area (Å²) < 4.78 is 0. The highest BCUT2D eigenvalue weighted by Gasteiger charge is 2.23. The molecule has 0 bridgehead atoms. The number of rotatable bonds is 2. The van der Waals surface area contributed by atoms with Gasteiger partial charge in [-0.25, -0.2) is 9.97 Å².